The van der Waals surface area contributed by atoms with E-state index in [0.29, 0.717) is 28.9 Å². The van der Waals surface area contributed by atoms with Crippen LogP contribution in [-0.4, -0.2) is 41.0 Å². The summed E-state index contributed by atoms with van der Waals surface area (Å²) in [6, 6.07) is 7.62. The van der Waals surface area contributed by atoms with Crippen molar-refractivity contribution in [2.45, 2.75) is 18.6 Å². The SMILES string of the molecule is CCn1c(SCC(=O)Nc2ccc(F)cc2)nnc1-c1cnc2ncn(C)c2c1. The standard InChI is InChI=1S/C19H18FN7OS/c1-3-27-18(12-8-15-17(21-9-12)22-11-26(15)2)24-25-19(27)29-10-16(28)23-14-6-4-13(20)5-7-14/h4-9,11H,3,10H2,1-2H3,(H,23,28). The quantitative estimate of drug-likeness (QED) is 0.490. The highest BCUT2D eigenvalue weighted by Crippen LogP contribution is 2.25. The summed E-state index contributed by atoms with van der Waals surface area (Å²) in [5, 5.41) is 11.9. The van der Waals surface area contributed by atoms with Crippen molar-refractivity contribution in [1.82, 2.24) is 29.3 Å². The highest BCUT2D eigenvalue weighted by molar-refractivity contribution is 7.99. The molecule has 0 fully saturated rings. The van der Waals surface area contributed by atoms with Gasteiger partial charge in [-0.25, -0.2) is 14.4 Å². The minimum atomic E-state index is -0.347. The van der Waals surface area contributed by atoms with Gasteiger partial charge >= 0.3 is 0 Å². The lowest BCUT2D eigenvalue weighted by molar-refractivity contribution is -0.113. The molecule has 3 aromatic heterocycles. The Morgan fingerprint density at radius 3 is 2.76 bits per heavy atom. The van der Waals surface area contributed by atoms with Crippen LogP contribution in [0.4, 0.5) is 10.1 Å². The number of nitrogens with one attached hydrogen (secondary N) is 1. The smallest absolute Gasteiger partial charge is 0.234 e. The third-order valence-electron chi connectivity index (χ3n) is 4.33. The minimum Gasteiger partial charge on any atom is -0.332 e. The third kappa shape index (κ3) is 3.97. The fraction of sp³-hybridized carbons (Fsp3) is 0.211. The summed E-state index contributed by atoms with van der Waals surface area (Å²) in [6.07, 6.45) is 3.44. The Morgan fingerprint density at radius 1 is 1.21 bits per heavy atom. The van der Waals surface area contributed by atoms with Crippen molar-refractivity contribution < 1.29 is 9.18 Å². The van der Waals surface area contributed by atoms with E-state index < -0.39 is 0 Å². The molecule has 0 radical (unpaired) electrons. The van der Waals surface area contributed by atoms with E-state index in [1.54, 1.807) is 12.5 Å². The van der Waals surface area contributed by atoms with E-state index >= 15 is 0 Å². The Labute approximate surface area is 170 Å². The molecule has 8 nitrogen and oxygen atoms in total. The van der Waals surface area contributed by atoms with Gasteiger partial charge in [0.2, 0.25) is 5.91 Å². The van der Waals surface area contributed by atoms with E-state index in [2.05, 4.69) is 25.5 Å². The van der Waals surface area contributed by atoms with Gasteiger partial charge in [0.1, 0.15) is 5.82 Å². The van der Waals surface area contributed by atoms with E-state index in [-0.39, 0.29) is 17.5 Å². The van der Waals surface area contributed by atoms with Crippen LogP contribution in [-0.2, 0) is 18.4 Å². The summed E-state index contributed by atoms with van der Waals surface area (Å²) in [4.78, 5) is 20.8. The molecular formula is C19H18FN7OS. The molecule has 29 heavy (non-hydrogen) atoms. The van der Waals surface area contributed by atoms with Gasteiger partial charge in [-0.15, -0.1) is 10.2 Å². The van der Waals surface area contributed by atoms with Crippen LogP contribution in [0.2, 0.25) is 0 Å². The second-order valence-electron chi connectivity index (χ2n) is 6.32. The first-order chi connectivity index (χ1) is 14.0. The van der Waals surface area contributed by atoms with Gasteiger partial charge in [0.25, 0.3) is 0 Å². The molecular weight excluding hydrogens is 393 g/mol. The van der Waals surface area contributed by atoms with Crippen molar-refractivity contribution in [3.8, 4) is 11.4 Å². The number of nitrogens with zero attached hydrogens (tertiary/aromatic N) is 6. The maximum absolute atomic E-state index is 13.0. The minimum absolute atomic E-state index is 0.161. The van der Waals surface area contributed by atoms with Gasteiger partial charge in [0.05, 0.1) is 17.6 Å². The topological polar surface area (TPSA) is 90.5 Å². The van der Waals surface area contributed by atoms with Crippen LogP contribution in [0.1, 0.15) is 6.92 Å². The number of imidazole rings is 1. The lowest BCUT2D eigenvalue weighted by atomic mass is 10.2. The van der Waals surface area contributed by atoms with Crippen LogP contribution in [0, 0.1) is 5.82 Å². The number of pyridine rings is 1. The number of amides is 1. The lowest BCUT2D eigenvalue weighted by Crippen LogP contribution is -2.14. The number of benzene rings is 1. The summed E-state index contributed by atoms with van der Waals surface area (Å²) in [7, 11) is 1.91. The van der Waals surface area contributed by atoms with E-state index in [4.69, 9.17) is 0 Å². The Balaban J connectivity index is 1.50. The average molecular weight is 411 g/mol. The van der Waals surface area contributed by atoms with Crippen LogP contribution in [0.25, 0.3) is 22.6 Å². The molecule has 0 aliphatic heterocycles. The number of hydrogen-bond acceptors (Lipinski definition) is 6. The molecule has 148 valence electrons. The first kappa shape index (κ1) is 19.1. The van der Waals surface area contributed by atoms with Gasteiger partial charge < -0.3 is 14.5 Å². The molecule has 0 aliphatic rings. The maximum Gasteiger partial charge on any atom is 0.234 e. The van der Waals surface area contributed by atoms with Crippen LogP contribution in [0.5, 0.6) is 0 Å². The molecule has 3 heterocycles. The maximum atomic E-state index is 13.0. The highest BCUT2D eigenvalue weighted by atomic mass is 32.2. The molecule has 10 heteroatoms. The Bertz CT molecular complexity index is 1170. The van der Waals surface area contributed by atoms with Crippen molar-refractivity contribution >= 4 is 34.5 Å². The molecule has 0 saturated heterocycles. The fourth-order valence-electron chi connectivity index (χ4n) is 2.89. The number of thioether (sulfide) groups is 1. The summed E-state index contributed by atoms with van der Waals surface area (Å²) < 4.78 is 16.8. The van der Waals surface area contributed by atoms with Gasteiger partial charge in [0, 0.05) is 31.0 Å². The monoisotopic (exact) mass is 411 g/mol. The number of carbonyl (C=O) groups excluding carboxylic acids is 1. The molecule has 4 rings (SSSR count). The molecule has 1 aromatic carbocycles. The first-order valence-corrected chi connectivity index (χ1v) is 9.92. The molecule has 0 saturated carbocycles. The molecule has 1 amide bonds. The Morgan fingerprint density at radius 2 is 2.00 bits per heavy atom. The fourth-order valence-corrected chi connectivity index (χ4v) is 3.69. The molecule has 0 atom stereocenters. The predicted molar refractivity (Wildman–Crippen MR) is 109 cm³/mol. The van der Waals surface area contributed by atoms with E-state index in [1.807, 2.05) is 29.2 Å². The number of anilines is 1. The van der Waals surface area contributed by atoms with E-state index in [9.17, 15) is 9.18 Å². The number of halogens is 1. The number of aromatic nitrogens is 6. The second kappa shape index (κ2) is 8.00. The van der Waals surface area contributed by atoms with Crippen LogP contribution >= 0.6 is 11.8 Å². The van der Waals surface area contributed by atoms with Crippen molar-refractivity contribution in [1.29, 1.82) is 0 Å². The van der Waals surface area contributed by atoms with Gasteiger partial charge in [-0.05, 0) is 37.3 Å². The van der Waals surface area contributed by atoms with Crippen molar-refractivity contribution in [3.05, 3.63) is 48.7 Å². The molecule has 0 unspecified atom stereocenters. The number of carbonyl (C=O) groups is 1. The molecule has 0 aliphatic carbocycles. The average Bonchev–Trinajstić information content (AvgIpc) is 3.31. The van der Waals surface area contributed by atoms with Gasteiger partial charge in [-0.2, -0.15) is 0 Å². The molecule has 0 spiro atoms. The Kier molecular flexibility index (Phi) is 5.26. The largest absolute Gasteiger partial charge is 0.332 e. The third-order valence-corrected chi connectivity index (χ3v) is 5.30. The van der Waals surface area contributed by atoms with Gasteiger partial charge in [-0.3, -0.25) is 4.79 Å². The zero-order valence-corrected chi connectivity index (χ0v) is 16.6. The summed E-state index contributed by atoms with van der Waals surface area (Å²) >= 11 is 1.29. The molecule has 1 N–H and O–H groups in total. The number of hydrogen-bond donors (Lipinski definition) is 1. The van der Waals surface area contributed by atoms with Gasteiger partial charge in [0.15, 0.2) is 16.6 Å². The molecule has 0 bridgehead atoms. The predicted octanol–water partition coefficient (Wildman–Crippen LogP) is 3.12. The van der Waals surface area contributed by atoms with Crippen LogP contribution < -0.4 is 5.32 Å². The lowest BCUT2D eigenvalue weighted by Gasteiger charge is -2.08. The summed E-state index contributed by atoms with van der Waals surface area (Å²) in [6.45, 7) is 2.64. The van der Waals surface area contributed by atoms with Gasteiger partial charge in [-0.1, -0.05) is 11.8 Å². The first-order valence-electron chi connectivity index (χ1n) is 8.94. The van der Waals surface area contributed by atoms with Crippen molar-refractivity contribution in [2.24, 2.45) is 7.05 Å². The van der Waals surface area contributed by atoms with E-state index in [0.717, 1.165) is 11.1 Å². The number of rotatable bonds is 6. The second-order valence-corrected chi connectivity index (χ2v) is 7.26. The Hall–Kier alpha value is -3.27. The zero-order valence-electron chi connectivity index (χ0n) is 15.8. The normalized spacial score (nSPS) is 11.1. The number of aryl methyl sites for hydroxylation is 1. The number of fused-ring (bicyclic) bond motifs is 1. The highest BCUT2D eigenvalue weighted by Gasteiger charge is 2.16. The van der Waals surface area contributed by atoms with E-state index in [1.165, 1.54) is 36.0 Å². The van der Waals surface area contributed by atoms with Crippen LogP contribution in [0.15, 0.2) is 48.0 Å². The van der Waals surface area contributed by atoms with Crippen molar-refractivity contribution in [2.75, 3.05) is 11.1 Å². The van der Waals surface area contributed by atoms with Crippen molar-refractivity contribution in [3.63, 3.8) is 0 Å². The summed E-state index contributed by atoms with van der Waals surface area (Å²) in [5.41, 5.74) is 2.95. The molecule has 4 aromatic rings. The van der Waals surface area contributed by atoms with Crippen LogP contribution in [0.3, 0.4) is 0 Å². The zero-order chi connectivity index (χ0) is 20.4. The summed E-state index contributed by atoms with van der Waals surface area (Å²) in [5.74, 6) is 0.296.